The van der Waals surface area contributed by atoms with Crippen molar-refractivity contribution in [2.75, 3.05) is 19.6 Å². The smallest absolute Gasteiger partial charge is 0.401 e. The Morgan fingerprint density at radius 1 is 1.33 bits per heavy atom. The van der Waals surface area contributed by atoms with E-state index in [-0.39, 0.29) is 17.5 Å². The number of carboxylic acids is 1. The van der Waals surface area contributed by atoms with Gasteiger partial charge in [-0.1, -0.05) is 34.1 Å². The second-order valence-electron chi connectivity index (χ2n) is 6.95. The SMILES string of the molecule is C/C(NC(C)C1CCN(CC(F)(F)F)CC1)=C(/C(=O)O)c1ccccc1Br. The molecule has 0 aliphatic carbocycles. The molecule has 0 saturated carbocycles. The van der Waals surface area contributed by atoms with Crippen LogP contribution in [0.25, 0.3) is 5.57 Å². The number of alkyl halides is 3. The number of aliphatic carboxylic acids is 1. The molecule has 0 aromatic heterocycles. The number of carboxylic acid groups (broad SMARTS) is 1. The normalized spacial score (nSPS) is 18.7. The van der Waals surface area contributed by atoms with E-state index in [4.69, 9.17) is 0 Å². The zero-order chi connectivity index (χ0) is 20.2. The Morgan fingerprint density at radius 3 is 2.44 bits per heavy atom. The highest BCUT2D eigenvalue weighted by Crippen LogP contribution is 2.28. The highest BCUT2D eigenvalue weighted by atomic mass is 79.9. The Balaban J connectivity index is 2.05. The third-order valence-electron chi connectivity index (χ3n) is 4.92. The van der Waals surface area contributed by atoms with E-state index in [1.807, 2.05) is 13.0 Å². The molecule has 0 bridgehead atoms. The number of benzene rings is 1. The third-order valence-corrected chi connectivity index (χ3v) is 5.61. The minimum atomic E-state index is -4.17. The fourth-order valence-electron chi connectivity index (χ4n) is 3.54. The van der Waals surface area contributed by atoms with Crippen molar-refractivity contribution in [1.82, 2.24) is 10.2 Å². The second kappa shape index (κ2) is 9.10. The molecule has 1 atom stereocenters. The van der Waals surface area contributed by atoms with Crippen molar-refractivity contribution in [3.05, 3.63) is 40.0 Å². The third kappa shape index (κ3) is 6.24. The van der Waals surface area contributed by atoms with Gasteiger partial charge >= 0.3 is 12.1 Å². The molecule has 1 aliphatic rings. The van der Waals surface area contributed by atoms with Crippen LogP contribution in [0.1, 0.15) is 32.3 Å². The van der Waals surface area contributed by atoms with Crippen molar-refractivity contribution < 1.29 is 23.1 Å². The number of piperidine rings is 1. The quantitative estimate of drug-likeness (QED) is 0.628. The topological polar surface area (TPSA) is 52.6 Å². The van der Waals surface area contributed by atoms with Gasteiger partial charge in [0, 0.05) is 21.8 Å². The lowest BCUT2D eigenvalue weighted by Crippen LogP contribution is -2.44. The molecule has 1 aliphatic heterocycles. The molecule has 150 valence electrons. The molecule has 1 saturated heterocycles. The van der Waals surface area contributed by atoms with Crippen molar-refractivity contribution in [3.8, 4) is 0 Å². The van der Waals surface area contributed by atoms with Crippen LogP contribution in [0.15, 0.2) is 34.4 Å². The first kappa shape index (κ1) is 21.8. The second-order valence-corrected chi connectivity index (χ2v) is 7.80. The maximum absolute atomic E-state index is 12.5. The zero-order valence-corrected chi connectivity index (χ0v) is 16.9. The van der Waals surface area contributed by atoms with Crippen LogP contribution < -0.4 is 5.32 Å². The summed E-state index contributed by atoms with van der Waals surface area (Å²) in [7, 11) is 0. The molecule has 2 N–H and O–H groups in total. The molecule has 4 nitrogen and oxygen atoms in total. The Morgan fingerprint density at radius 2 is 1.93 bits per heavy atom. The number of carbonyl (C=O) groups is 1. The number of likely N-dealkylation sites (tertiary alicyclic amines) is 1. The van der Waals surface area contributed by atoms with Crippen LogP contribution in [0.5, 0.6) is 0 Å². The molecular weight excluding hydrogens is 425 g/mol. The maximum Gasteiger partial charge on any atom is 0.401 e. The summed E-state index contributed by atoms with van der Waals surface area (Å²) in [5.41, 5.74) is 1.31. The average molecular weight is 449 g/mol. The van der Waals surface area contributed by atoms with Crippen LogP contribution in [-0.2, 0) is 4.79 Å². The molecule has 27 heavy (non-hydrogen) atoms. The molecule has 2 rings (SSSR count). The van der Waals surface area contributed by atoms with Crippen LogP contribution in [0, 0.1) is 5.92 Å². The van der Waals surface area contributed by atoms with Crippen molar-refractivity contribution in [2.24, 2.45) is 5.92 Å². The summed E-state index contributed by atoms with van der Waals surface area (Å²) < 4.78 is 38.2. The number of nitrogens with zero attached hydrogens (tertiary/aromatic N) is 1. The summed E-state index contributed by atoms with van der Waals surface area (Å²) in [6.07, 6.45) is -2.88. The van der Waals surface area contributed by atoms with E-state index in [1.165, 1.54) is 4.90 Å². The summed E-state index contributed by atoms with van der Waals surface area (Å²) in [5.74, 6) is -0.835. The minimum Gasteiger partial charge on any atom is -0.478 e. The number of halogens is 4. The van der Waals surface area contributed by atoms with Gasteiger partial charge in [0.15, 0.2) is 0 Å². The van der Waals surface area contributed by atoms with Crippen LogP contribution in [0.3, 0.4) is 0 Å². The fourth-order valence-corrected chi connectivity index (χ4v) is 4.02. The van der Waals surface area contributed by atoms with Crippen LogP contribution in [0.2, 0.25) is 0 Å². The Bertz CT molecular complexity index is 698. The molecule has 1 aromatic carbocycles. The highest BCUT2D eigenvalue weighted by Gasteiger charge is 2.33. The Hall–Kier alpha value is -1.54. The highest BCUT2D eigenvalue weighted by molar-refractivity contribution is 9.10. The van der Waals surface area contributed by atoms with Gasteiger partial charge in [-0.15, -0.1) is 0 Å². The number of hydrogen-bond acceptors (Lipinski definition) is 3. The van der Waals surface area contributed by atoms with Gasteiger partial charge < -0.3 is 10.4 Å². The molecule has 1 unspecified atom stereocenters. The van der Waals surface area contributed by atoms with Gasteiger partial charge in [-0.2, -0.15) is 13.2 Å². The molecule has 8 heteroatoms. The van der Waals surface area contributed by atoms with E-state index in [0.717, 1.165) is 0 Å². The number of rotatable bonds is 6. The number of hydrogen-bond donors (Lipinski definition) is 2. The van der Waals surface area contributed by atoms with Gasteiger partial charge in [-0.25, -0.2) is 4.79 Å². The van der Waals surface area contributed by atoms with Crippen molar-refractivity contribution >= 4 is 27.5 Å². The van der Waals surface area contributed by atoms with Gasteiger partial charge in [0.1, 0.15) is 0 Å². The molecular formula is C19H24BrF3N2O2. The first-order chi connectivity index (χ1) is 12.6. The molecule has 1 aromatic rings. The monoisotopic (exact) mass is 448 g/mol. The standard InChI is InChI=1S/C19H24BrF3N2O2/c1-12(14-7-9-25(10-8-14)11-19(21,22)23)24-13(2)17(18(26)27)15-5-3-4-6-16(15)20/h3-6,12,14,24H,7-11H2,1-2H3,(H,26,27)/b17-13-. The van der Waals surface area contributed by atoms with Crippen LogP contribution >= 0.6 is 15.9 Å². The predicted octanol–water partition coefficient (Wildman–Crippen LogP) is 4.52. The van der Waals surface area contributed by atoms with Gasteiger partial charge in [-0.05, 0) is 51.8 Å². The molecule has 0 amide bonds. The molecule has 1 heterocycles. The zero-order valence-electron chi connectivity index (χ0n) is 15.3. The first-order valence-electron chi connectivity index (χ1n) is 8.83. The van der Waals surface area contributed by atoms with Crippen molar-refractivity contribution in [2.45, 2.75) is 38.9 Å². The van der Waals surface area contributed by atoms with Gasteiger partial charge in [0.25, 0.3) is 0 Å². The van der Waals surface area contributed by atoms with Gasteiger partial charge in [0.05, 0.1) is 12.1 Å². The lowest BCUT2D eigenvalue weighted by molar-refractivity contribution is -0.148. The largest absolute Gasteiger partial charge is 0.478 e. The maximum atomic E-state index is 12.5. The molecule has 1 fully saturated rings. The van der Waals surface area contributed by atoms with Crippen molar-refractivity contribution in [3.63, 3.8) is 0 Å². The van der Waals surface area contributed by atoms with Crippen molar-refractivity contribution in [1.29, 1.82) is 0 Å². The predicted molar refractivity (Wildman–Crippen MR) is 102 cm³/mol. The summed E-state index contributed by atoms with van der Waals surface area (Å²) in [5, 5.41) is 12.9. The molecule has 0 radical (unpaired) electrons. The Kier molecular flexibility index (Phi) is 7.33. The first-order valence-corrected chi connectivity index (χ1v) is 9.62. The molecule has 0 spiro atoms. The fraction of sp³-hybridized carbons (Fsp3) is 0.526. The number of nitrogens with one attached hydrogen (secondary N) is 1. The van der Waals surface area contributed by atoms with E-state index in [1.54, 1.807) is 25.1 Å². The van der Waals surface area contributed by atoms with Crippen LogP contribution in [-0.4, -0.2) is 47.8 Å². The van der Waals surface area contributed by atoms with Gasteiger partial charge in [0.2, 0.25) is 0 Å². The van der Waals surface area contributed by atoms with Crippen LogP contribution in [0.4, 0.5) is 13.2 Å². The summed E-state index contributed by atoms with van der Waals surface area (Å²) in [4.78, 5) is 13.2. The van der Waals surface area contributed by atoms with E-state index in [2.05, 4.69) is 21.2 Å². The summed E-state index contributed by atoms with van der Waals surface area (Å²) in [6.45, 7) is 3.60. The average Bonchev–Trinajstić information content (AvgIpc) is 2.55. The lowest BCUT2D eigenvalue weighted by atomic mass is 9.90. The van der Waals surface area contributed by atoms with E-state index >= 15 is 0 Å². The van der Waals surface area contributed by atoms with E-state index in [9.17, 15) is 23.1 Å². The van der Waals surface area contributed by atoms with E-state index in [0.29, 0.717) is 41.7 Å². The number of allylic oxidation sites excluding steroid dienone is 1. The Labute approximate surface area is 165 Å². The summed E-state index contributed by atoms with van der Waals surface area (Å²) in [6, 6.07) is 7.07. The van der Waals surface area contributed by atoms with Gasteiger partial charge in [-0.3, -0.25) is 4.90 Å². The van der Waals surface area contributed by atoms with E-state index < -0.39 is 18.7 Å². The lowest BCUT2D eigenvalue weighted by Gasteiger charge is -2.36. The minimum absolute atomic E-state index is 0.0325. The summed E-state index contributed by atoms with van der Waals surface area (Å²) >= 11 is 3.38.